The molecule has 2 rings (SSSR count). The predicted octanol–water partition coefficient (Wildman–Crippen LogP) is 3.03. The van der Waals surface area contributed by atoms with Crippen LogP contribution in [0.4, 0.5) is 13.2 Å². The van der Waals surface area contributed by atoms with Crippen LogP contribution in [0, 0.1) is 0 Å². The van der Waals surface area contributed by atoms with Crippen LogP contribution in [0.1, 0.15) is 5.56 Å². The van der Waals surface area contributed by atoms with E-state index in [0.29, 0.717) is 12.1 Å². The molecule has 0 saturated carbocycles. The Labute approximate surface area is 128 Å². The summed E-state index contributed by atoms with van der Waals surface area (Å²) < 4.78 is 61.5. The van der Waals surface area contributed by atoms with Gasteiger partial charge in [-0.1, -0.05) is 29.8 Å². The molecular formula is C12H8ClF3N2O3S. The highest BCUT2D eigenvalue weighted by molar-refractivity contribution is 7.89. The molecule has 0 spiro atoms. The number of hydrogen-bond acceptors (Lipinski definition) is 4. The maximum absolute atomic E-state index is 12.6. The first kappa shape index (κ1) is 16.5. The Hall–Kier alpha value is -1.84. The molecule has 0 aliphatic heterocycles. The summed E-state index contributed by atoms with van der Waals surface area (Å²) in [5, 5.41) is -0.483. The van der Waals surface area contributed by atoms with Crippen molar-refractivity contribution in [1.82, 2.24) is 9.87 Å². The fourth-order valence-corrected chi connectivity index (χ4v) is 2.44. The summed E-state index contributed by atoms with van der Waals surface area (Å²) in [7, 11) is -4.06. The van der Waals surface area contributed by atoms with E-state index in [0.717, 1.165) is 0 Å². The Bertz CT molecular complexity index is 767. The third kappa shape index (κ3) is 4.09. The highest BCUT2D eigenvalue weighted by Gasteiger charge is 2.32. The van der Waals surface area contributed by atoms with Gasteiger partial charge in [-0.05, 0) is 23.1 Å². The molecule has 10 heteroatoms. The van der Waals surface area contributed by atoms with Crippen molar-refractivity contribution in [3.8, 4) is 5.88 Å². The number of hydrogen-bond donors (Lipinski definition) is 1. The second kappa shape index (κ2) is 6.11. The van der Waals surface area contributed by atoms with Crippen LogP contribution in [0.15, 0.2) is 47.4 Å². The van der Waals surface area contributed by atoms with Gasteiger partial charge in [0.25, 0.3) is 10.0 Å². The molecule has 0 unspecified atom stereocenters. The Morgan fingerprint density at radius 1 is 1.14 bits per heavy atom. The zero-order valence-corrected chi connectivity index (χ0v) is 12.2. The minimum Gasteiger partial charge on any atom is -0.373 e. The third-order valence-corrected chi connectivity index (χ3v) is 3.80. The van der Waals surface area contributed by atoms with Crippen molar-refractivity contribution in [2.24, 2.45) is 0 Å². The molecule has 0 fully saturated rings. The number of nitrogens with zero attached hydrogens (tertiary/aromatic N) is 1. The van der Waals surface area contributed by atoms with Gasteiger partial charge < -0.3 is 4.84 Å². The number of aromatic nitrogens is 1. The second-order valence-corrected chi connectivity index (χ2v) is 6.05. The van der Waals surface area contributed by atoms with E-state index in [9.17, 15) is 21.6 Å². The first-order valence-electron chi connectivity index (χ1n) is 5.67. The summed E-state index contributed by atoms with van der Waals surface area (Å²) in [6.45, 7) is 0. The average Bonchev–Trinajstić information content (AvgIpc) is 2.45. The third-order valence-electron chi connectivity index (χ3n) is 2.41. The van der Waals surface area contributed by atoms with Gasteiger partial charge in [0.1, 0.15) is 5.15 Å². The number of sulfonamides is 1. The van der Waals surface area contributed by atoms with Gasteiger partial charge in [0, 0.05) is 6.07 Å². The maximum Gasteiger partial charge on any atom is 0.416 e. The van der Waals surface area contributed by atoms with E-state index in [1.807, 2.05) is 0 Å². The monoisotopic (exact) mass is 352 g/mol. The highest BCUT2D eigenvalue weighted by Crippen LogP contribution is 2.32. The number of nitrogens with one attached hydrogen (secondary N) is 1. The molecule has 1 aromatic carbocycles. The van der Waals surface area contributed by atoms with Crippen molar-refractivity contribution in [3.63, 3.8) is 0 Å². The molecule has 0 amide bonds. The molecular weight excluding hydrogens is 345 g/mol. The average molecular weight is 353 g/mol. The van der Waals surface area contributed by atoms with E-state index in [1.165, 1.54) is 24.3 Å². The van der Waals surface area contributed by atoms with Gasteiger partial charge in [-0.2, -0.15) is 18.2 Å². The summed E-state index contributed by atoms with van der Waals surface area (Å²) in [5.74, 6) is -0.626. The van der Waals surface area contributed by atoms with Crippen molar-refractivity contribution in [3.05, 3.63) is 53.2 Å². The standard InChI is InChI=1S/C12H8ClF3N2O3S/c13-10-6-8(12(14,15)16)7-11(17-10)21-18-22(19,20)9-4-2-1-3-5-9/h1-7,18H. The first-order valence-corrected chi connectivity index (χ1v) is 7.53. The summed E-state index contributed by atoms with van der Waals surface area (Å²) >= 11 is 5.45. The number of benzene rings is 1. The largest absolute Gasteiger partial charge is 0.416 e. The zero-order valence-electron chi connectivity index (χ0n) is 10.6. The molecule has 1 heterocycles. The number of rotatable bonds is 4. The van der Waals surface area contributed by atoms with Gasteiger partial charge in [-0.3, -0.25) is 0 Å². The molecule has 0 bridgehead atoms. The van der Waals surface area contributed by atoms with Gasteiger partial charge in [-0.15, -0.1) is 0 Å². The van der Waals surface area contributed by atoms with Crippen LogP contribution in [0.5, 0.6) is 5.88 Å². The Morgan fingerprint density at radius 2 is 1.77 bits per heavy atom. The summed E-state index contributed by atoms with van der Waals surface area (Å²) in [6, 6.07) is 8.27. The molecule has 5 nitrogen and oxygen atoms in total. The fourth-order valence-electron chi connectivity index (χ4n) is 1.43. The smallest absolute Gasteiger partial charge is 0.373 e. The summed E-state index contributed by atoms with van der Waals surface area (Å²) in [4.78, 5) is 9.63. The fraction of sp³-hybridized carbons (Fsp3) is 0.0833. The molecule has 0 saturated heterocycles. The Balaban J connectivity index is 2.20. The van der Waals surface area contributed by atoms with E-state index < -0.39 is 32.8 Å². The number of alkyl halides is 3. The van der Waals surface area contributed by atoms with Crippen LogP contribution in [0.2, 0.25) is 5.15 Å². The van der Waals surface area contributed by atoms with Crippen LogP contribution in [-0.2, 0) is 16.2 Å². The van der Waals surface area contributed by atoms with E-state index in [1.54, 1.807) is 11.0 Å². The summed E-state index contributed by atoms with van der Waals surface area (Å²) in [6.07, 6.45) is -4.66. The van der Waals surface area contributed by atoms with Gasteiger partial charge >= 0.3 is 6.18 Å². The highest BCUT2D eigenvalue weighted by atomic mass is 35.5. The second-order valence-electron chi connectivity index (χ2n) is 4.02. The van der Waals surface area contributed by atoms with E-state index in [2.05, 4.69) is 9.82 Å². The zero-order chi connectivity index (χ0) is 16.4. The van der Waals surface area contributed by atoms with Crippen LogP contribution in [-0.4, -0.2) is 13.4 Å². The van der Waals surface area contributed by atoms with Gasteiger partial charge in [0.05, 0.1) is 10.5 Å². The number of halogens is 4. The SMILES string of the molecule is O=S(=O)(NOc1cc(C(F)(F)F)cc(Cl)n1)c1ccccc1. The first-order chi connectivity index (χ1) is 10.2. The van der Waals surface area contributed by atoms with E-state index in [-0.39, 0.29) is 4.90 Å². The molecule has 22 heavy (non-hydrogen) atoms. The molecule has 1 N–H and O–H groups in total. The molecule has 0 atom stereocenters. The van der Waals surface area contributed by atoms with Crippen molar-refractivity contribution in [2.75, 3.05) is 0 Å². The topological polar surface area (TPSA) is 68.3 Å². The molecule has 1 aromatic heterocycles. The lowest BCUT2D eigenvalue weighted by Crippen LogP contribution is -2.27. The van der Waals surface area contributed by atoms with Crippen LogP contribution >= 0.6 is 11.6 Å². The molecule has 2 aromatic rings. The van der Waals surface area contributed by atoms with Crippen LogP contribution in [0.25, 0.3) is 0 Å². The molecule has 0 aliphatic carbocycles. The van der Waals surface area contributed by atoms with Crippen molar-refractivity contribution >= 4 is 21.6 Å². The van der Waals surface area contributed by atoms with Gasteiger partial charge in [-0.25, -0.2) is 8.42 Å². The lowest BCUT2D eigenvalue weighted by atomic mass is 10.2. The summed E-state index contributed by atoms with van der Waals surface area (Å²) in [5.41, 5.74) is -1.11. The molecule has 0 aliphatic rings. The quantitative estimate of drug-likeness (QED) is 0.678. The lowest BCUT2D eigenvalue weighted by Gasteiger charge is -2.10. The van der Waals surface area contributed by atoms with Crippen molar-refractivity contribution in [1.29, 1.82) is 0 Å². The van der Waals surface area contributed by atoms with E-state index in [4.69, 9.17) is 11.6 Å². The molecule has 118 valence electrons. The normalized spacial score (nSPS) is 12.2. The van der Waals surface area contributed by atoms with Gasteiger partial charge in [0.15, 0.2) is 0 Å². The Morgan fingerprint density at radius 3 is 2.36 bits per heavy atom. The lowest BCUT2D eigenvalue weighted by molar-refractivity contribution is -0.137. The minimum absolute atomic E-state index is 0.118. The maximum atomic E-state index is 12.6. The van der Waals surface area contributed by atoms with Crippen LogP contribution in [0.3, 0.4) is 0 Å². The van der Waals surface area contributed by atoms with Gasteiger partial charge in [0.2, 0.25) is 5.88 Å². The minimum atomic E-state index is -4.66. The van der Waals surface area contributed by atoms with Crippen molar-refractivity contribution < 1.29 is 26.4 Å². The van der Waals surface area contributed by atoms with Crippen molar-refractivity contribution in [2.45, 2.75) is 11.1 Å². The predicted molar refractivity (Wildman–Crippen MR) is 71.6 cm³/mol. The Kier molecular flexibility index (Phi) is 4.59. The number of pyridine rings is 1. The molecule has 0 radical (unpaired) electrons. The van der Waals surface area contributed by atoms with E-state index >= 15 is 0 Å². The van der Waals surface area contributed by atoms with Crippen LogP contribution < -0.4 is 9.72 Å².